The summed E-state index contributed by atoms with van der Waals surface area (Å²) in [4.78, 5) is 40.2. The number of para-hydroxylation sites is 1. The molecule has 3 N–H and O–H groups in total. The van der Waals surface area contributed by atoms with Crippen LogP contribution in [0.4, 0.5) is 10.9 Å². The van der Waals surface area contributed by atoms with Gasteiger partial charge >= 0.3 is 0 Å². The highest BCUT2D eigenvalue weighted by molar-refractivity contribution is 7.22. The maximum absolute atomic E-state index is 12.9. The van der Waals surface area contributed by atoms with E-state index < -0.39 is 0 Å². The zero-order chi connectivity index (χ0) is 27.4. The summed E-state index contributed by atoms with van der Waals surface area (Å²) in [6, 6.07) is 15.2. The Morgan fingerprint density at radius 3 is 2.52 bits per heavy atom. The number of anilines is 2. The minimum Gasteiger partial charge on any atom is -0.383 e. The molecule has 0 spiro atoms. The lowest BCUT2D eigenvalue weighted by Crippen LogP contribution is -2.28. The number of likely N-dealkylation sites (tertiary alicyclic amines) is 1. The molecule has 4 heterocycles. The molecule has 1 saturated carbocycles. The first-order chi connectivity index (χ1) is 19.5. The normalized spacial score (nSPS) is 20.2. The number of hydrogen-bond acceptors (Lipinski definition) is 8. The summed E-state index contributed by atoms with van der Waals surface area (Å²) in [5, 5.41) is 9.16. The fourth-order valence-electron chi connectivity index (χ4n) is 6.10. The summed E-state index contributed by atoms with van der Waals surface area (Å²) in [7, 11) is 0. The number of rotatable bonds is 5. The van der Waals surface area contributed by atoms with Crippen molar-refractivity contribution in [2.45, 2.75) is 18.9 Å². The van der Waals surface area contributed by atoms with E-state index in [2.05, 4.69) is 26.8 Å². The van der Waals surface area contributed by atoms with E-state index in [1.807, 2.05) is 46.0 Å². The molecule has 1 aliphatic carbocycles. The van der Waals surface area contributed by atoms with Gasteiger partial charge in [-0.2, -0.15) is 5.10 Å². The maximum Gasteiger partial charge on any atom is 0.257 e. The summed E-state index contributed by atoms with van der Waals surface area (Å²) >= 11 is 1.44. The Kier molecular flexibility index (Phi) is 5.81. The number of hydrogen-bond donors (Lipinski definition) is 2. The lowest BCUT2D eigenvalue weighted by molar-refractivity contribution is -0.125. The summed E-state index contributed by atoms with van der Waals surface area (Å²) < 4.78 is 3.00. The van der Waals surface area contributed by atoms with E-state index in [0.29, 0.717) is 45.1 Å². The fourth-order valence-corrected chi connectivity index (χ4v) is 6.96. The number of nitrogens with zero attached hydrogens (tertiary/aromatic N) is 6. The lowest BCUT2D eigenvalue weighted by Gasteiger charge is -2.18. The second-order valence-corrected chi connectivity index (χ2v) is 11.4. The van der Waals surface area contributed by atoms with E-state index in [0.717, 1.165) is 41.7 Å². The van der Waals surface area contributed by atoms with Gasteiger partial charge < -0.3 is 10.6 Å². The summed E-state index contributed by atoms with van der Waals surface area (Å²) in [5.41, 5.74) is 9.91. The van der Waals surface area contributed by atoms with Crippen molar-refractivity contribution in [2.24, 2.45) is 11.8 Å². The van der Waals surface area contributed by atoms with Gasteiger partial charge in [0.15, 0.2) is 10.8 Å². The van der Waals surface area contributed by atoms with Crippen LogP contribution in [-0.4, -0.2) is 54.5 Å². The zero-order valence-corrected chi connectivity index (χ0v) is 22.3. The van der Waals surface area contributed by atoms with Crippen molar-refractivity contribution in [1.82, 2.24) is 29.6 Å². The van der Waals surface area contributed by atoms with Gasteiger partial charge in [0.2, 0.25) is 5.91 Å². The van der Waals surface area contributed by atoms with Gasteiger partial charge in [0.05, 0.1) is 21.6 Å². The minimum atomic E-state index is -0.231. The Balaban J connectivity index is 1.15. The van der Waals surface area contributed by atoms with Crippen LogP contribution in [0.15, 0.2) is 67.5 Å². The van der Waals surface area contributed by atoms with Gasteiger partial charge in [-0.25, -0.2) is 19.6 Å². The van der Waals surface area contributed by atoms with Crippen LogP contribution >= 0.6 is 11.3 Å². The monoisotopic (exact) mass is 550 g/mol. The number of nitrogens with two attached hydrogens (primary N) is 1. The first-order valence-corrected chi connectivity index (χ1v) is 14.0. The molecule has 2 aliphatic rings. The van der Waals surface area contributed by atoms with Crippen molar-refractivity contribution >= 4 is 55.4 Å². The average Bonchev–Trinajstić information content (AvgIpc) is 3.73. The molecule has 2 atom stereocenters. The van der Waals surface area contributed by atoms with Crippen LogP contribution < -0.4 is 11.1 Å². The lowest BCUT2D eigenvalue weighted by atomic mass is 10.0. The minimum absolute atomic E-state index is 0.00417. The van der Waals surface area contributed by atoms with Crippen LogP contribution in [0.2, 0.25) is 0 Å². The Labute approximate surface area is 233 Å². The maximum atomic E-state index is 12.9. The van der Waals surface area contributed by atoms with Crippen molar-refractivity contribution in [3.05, 3.63) is 73.1 Å². The predicted molar refractivity (Wildman–Crippen MR) is 155 cm³/mol. The highest BCUT2D eigenvalue weighted by atomic mass is 32.1. The molecule has 40 heavy (non-hydrogen) atoms. The standard InChI is InChI=1S/C29H26N8O2S/c1-2-23(38)36-13-18-11-20(12-19(18)14-36)37-27-24(26(30)31-15-32-27)25(35-37)16-7-9-17(10-8-16)28(39)34-29-33-21-5-3-4-6-22(21)40-29/h2-10,15,18-20H,1,11-14H2,(H2,30,31,32)(H,33,34,39). The molecule has 5 aromatic rings. The highest BCUT2D eigenvalue weighted by Gasteiger charge is 2.43. The first-order valence-electron chi connectivity index (χ1n) is 13.2. The predicted octanol–water partition coefficient (Wildman–Crippen LogP) is 4.53. The third-order valence-electron chi connectivity index (χ3n) is 8.01. The van der Waals surface area contributed by atoms with Gasteiger partial charge in [0.25, 0.3) is 5.91 Å². The second kappa shape index (κ2) is 9.53. The molecule has 11 heteroatoms. The fraction of sp³-hybridized carbons (Fsp3) is 0.241. The van der Waals surface area contributed by atoms with Gasteiger partial charge in [0, 0.05) is 24.2 Å². The highest BCUT2D eigenvalue weighted by Crippen LogP contribution is 2.45. The molecular formula is C29H26N8O2S. The topological polar surface area (TPSA) is 132 Å². The van der Waals surface area contributed by atoms with Gasteiger partial charge in [-0.1, -0.05) is 42.2 Å². The molecule has 1 saturated heterocycles. The number of carbonyl (C=O) groups excluding carboxylic acids is 2. The molecule has 2 aromatic carbocycles. The number of carbonyl (C=O) groups is 2. The van der Waals surface area contributed by atoms with Crippen LogP contribution in [-0.2, 0) is 4.79 Å². The van der Waals surface area contributed by atoms with E-state index in [9.17, 15) is 9.59 Å². The van der Waals surface area contributed by atoms with Crippen LogP contribution in [0.5, 0.6) is 0 Å². The largest absolute Gasteiger partial charge is 0.383 e. The molecule has 10 nitrogen and oxygen atoms in total. The third-order valence-corrected chi connectivity index (χ3v) is 8.96. The molecule has 200 valence electrons. The molecule has 0 bridgehead atoms. The van der Waals surface area contributed by atoms with Crippen LogP contribution in [0.3, 0.4) is 0 Å². The number of aromatic nitrogens is 5. The molecular weight excluding hydrogens is 524 g/mol. The molecule has 2 amide bonds. The van der Waals surface area contributed by atoms with Crippen LogP contribution in [0.25, 0.3) is 32.5 Å². The summed E-state index contributed by atoms with van der Waals surface area (Å²) in [6.07, 6.45) is 4.68. The second-order valence-electron chi connectivity index (χ2n) is 10.4. The van der Waals surface area contributed by atoms with Gasteiger partial charge in [-0.3, -0.25) is 14.9 Å². The average molecular weight is 551 g/mol. The van der Waals surface area contributed by atoms with E-state index in [1.54, 1.807) is 12.1 Å². The van der Waals surface area contributed by atoms with E-state index in [1.165, 1.54) is 23.7 Å². The number of thiazole rings is 1. The van der Waals surface area contributed by atoms with Crippen LogP contribution in [0.1, 0.15) is 29.2 Å². The van der Waals surface area contributed by atoms with Gasteiger partial charge in [-0.05, 0) is 55.0 Å². The van der Waals surface area contributed by atoms with Crippen molar-refractivity contribution in [1.29, 1.82) is 0 Å². The van der Waals surface area contributed by atoms with Crippen molar-refractivity contribution in [2.75, 3.05) is 24.1 Å². The third kappa shape index (κ3) is 4.10. The van der Waals surface area contributed by atoms with Crippen molar-refractivity contribution in [3.8, 4) is 11.3 Å². The van der Waals surface area contributed by atoms with Gasteiger partial charge in [-0.15, -0.1) is 0 Å². The number of benzene rings is 2. The summed E-state index contributed by atoms with van der Waals surface area (Å²) in [6.45, 7) is 5.11. The number of fused-ring (bicyclic) bond motifs is 3. The quantitative estimate of drug-likeness (QED) is 0.307. The molecule has 1 aliphatic heterocycles. The molecule has 0 radical (unpaired) electrons. The molecule has 7 rings (SSSR count). The summed E-state index contributed by atoms with van der Waals surface area (Å²) in [5.74, 6) is 0.971. The molecule has 3 aromatic heterocycles. The Bertz CT molecular complexity index is 1750. The van der Waals surface area contributed by atoms with Crippen LogP contribution in [0, 0.1) is 11.8 Å². The van der Waals surface area contributed by atoms with E-state index >= 15 is 0 Å². The zero-order valence-electron chi connectivity index (χ0n) is 21.5. The molecule has 2 fully saturated rings. The molecule has 2 unspecified atom stereocenters. The van der Waals surface area contributed by atoms with E-state index in [4.69, 9.17) is 10.8 Å². The smallest absolute Gasteiger partial charge is 0.257 e. The van der Waals surface area contributed by atoms with E-state index in [-0.39, 0.29) is 17.9 Å². The Hall–Kier alpha value is -4.64. The number of nitrogens with one attached hydrogen (secondary N) is 1. The van der Waals surface area contributed by atoms with Gasteiger partial charge in [0.1, 0.15) is 17.8 Å². The Morgan fingerprint density at radius 1 is 1.05 bits per heavy atom. The number of amides is 2. The van der Waals surface area contributed by atoms with Crippen molar-refractivity contribution < 1.29 is 9.59 Å². The number of nitrogen functional groups attached to an aromatic ring is 1. The Morgan fingerprint density at radius 2 is 1.80 bits per heavy atom. The SMILES string of the molecule is C=CC(=O)N1CC2CC(n3nc(-c4ccc(C(=O)Nc5nc6ccccc6s5)cc4)c4c(N)ncnc43)CC2C1. The first kappa shape index (κ1) is 24.4. The van der Waals surface area contributed by atoms with Crippen molar-refractivity contribution in [3.63, 3.8) is 0 Å².